The zero-order chi connectivity index (χ0) is 14.5. The van der Waals surface area contributed by atoms with Crippen LogP contribution in [-0.4, -0.2) is 48.4 Å². The quantitative estimate of drug-likeness (QED) is 0.896. The highest BCUT2D eigenvalue weighted by atomic mass is 35.5. The summed E-state index contributed by atoms with van der Waals surface area (Å²) < 4.78 is 5.73. The summed E-state index contributed by atoms with van der Waals surface area (Å²) in [6.07, 6.45) is -0.0986. The average Bonchev–Trinajstić information content (AvgIpc) is 2.43. The predicted molar refractivity (Wildman–Crippen MR) is 77.7 cm³/mol. The smallest absolute Gasteiger partial charge is 0.407 e. The van der Waals surface area contributed by atoms with Gasteiger partial charge in [-0.3, -0.25) is 0 Å². The first kappa shape index (κ1) is 14.9. The molecule has 2 N–H and O–H groups in total. The highest BCUT2D eigenvalue weighted by Gasteiger charge is 2.22. The van der Waals surface area contributed by atoms with Gasteiger partial charge in [-0.2, -0.15) is 0 Å². The van der Waals surface area contributed by atoms with Crippen LogP contribution in [0.15, 0.2) is 18.2 Å². The van der Waals surface area contributed by atoms with Crippen molar-refractivity contribution in [1.82, 2.24) is 10.2 Å². The van der Waals surface area contributed by atoms with Crippen LogP contribution in [0.2, 0.25) is 5.02 Å². The molecular weight excluding hydrogens is 280 g/mol. The molecule has 1 heterocycles. The Morgan fingerprint density at radius 2 is 2.40 bits per heavy atom. The number of halogens is 1. The molecule has 0 aliphatic carbocycles. The number of hydrogen-bond acceptors (Lipinski definition) is 3. The number of amides is 1. The van der Waals surface area contributed by atoms with Crippen molar-refractivity contribution in [3.8, 4) is 5.75 Å². The van der Waals surface area contributed by atoms with Crippen LogP contribution in [0.5, 0.6) is 5.75 Å². The van der Waals surface area contributed by atoms with E-state index in [0.717, 1.165) is 17.7 Å². The summed E-state index contributed by atoms with van der Waals surface area (Å²) in [4.78, 5) is 12.4. The molecule has 0 spiro atoms. The molecule has 0 unspecified atom stereocenters. The van der Waals surface area contributed by atoms with Gasteiger partial charge in [-0.05, 0) is 31.0 Å². The molecule has 20 heavy (non-hydrogen) atoms. The highest BCUT2D eigenvalue weighted by molar-refractivity contribution is 6.30. The number of benzene rings is 1. The molecule has 6 heteroatoms. The number of rotatable bonds is 4. The SMILES string of the molecule is Cc1ccc(Cl)cc1OCC[C@@H]1CN(C(=O)O)CCN1. The minimum absolute atomic E-state index is 0.138. The molecule has 0 bridgehead atoms. The van der Waals surface area contributed by atoms with Gasteiger partial charge in [0, 0.05) is 30.7 Å². The molecule has 1 atom stereocenters. The van der Waals surface area contributed by atoms with Crippen molar-refractivity contribution in [2.24, 2.45) is 0 Å². The number of carboxylic acid groups (broad SMARTS) is 1. The second kappa shape index (κ2) is 6.81. The summed E-state index contributed by atoms with van der Waals surface area (Å²) in [5, 5.41) is 12.9. The summed E-state index contributed by atoms with van der Waals surface area (Å²) in [5.41, 5.74) is 1.04. The molecule has 1 aromatic rings. The summed E-state index contributed by atoms with van der Waals surface area (Å²) in [6, 6.07) is 5.69. The number of nitrogens with zero attached hydrogens (tertiary/aromatic N) is 1. The van der Waals surface area contributed by atoms with Crippen molar-refractivity contribution in [1.29, 1.82) is 0 Å². The Morgan fingerprint density at radius 3 is 3.15 bits per heavy atom. The van der Waals surface area contributed by atoms with Crippen LogP contribution in [0.3, 0.4) is 0 Å². The Balaban J connectivity index is 1.80. The van der Waals surface area contributed by atoms with Crippen LogP contribution < -0.4 is 10.1 Å². The van der Waals surface area contributed by atoms with E-state index >= 15 is 0 Å². The molecule has 0 aromatic heterocycles. The van der Waals surface area contributed by atoms with Gasteiger partial charge in [0.2, 0.25) is 0 Å². The molecule has 1 aliphatic heterocycles. The first-order valence-corrected chi connectivity index (χ1v) is 7.04. The van der Waals surface area contributed by atoms with E-state index in [-0.39, 0.29) is 6.04 Å². The Morgan fingerprint density at radius 1 is 1.60 bits per heavy atom. The lowest BCUT2D eigenvalue weighted by Gasteiger charge is -2.31. The standard InChI is InChI=1S/C14H19ClN2O3/c1-10-2-3-11(15)8-13(10)20-7-4-12-9-17(14(18)19)6-5-16-12/h2-3,8,12,16H,4-7,9H2,1H3,(H,18,19)/t12-/m1/s1. The number of piperazine rings is 1. The van der Waals surface area contributed by atoms with E-state index in [0.29, 0.717) is 31.3 Å². The first-order chi connectivity index (χ1) is 9.56. The monoisotopic (exact) mass is 298 g/mol. The molecule has 1 amide bonds. The zero-order valence-electron chi connectivity index (χ0n) is 11.4. The molecule has 110 valence electrons. The first-order valence-electron chi connectivity index (χ1n) is 6.66. The van der Waals surface area contributed by atoms with E-state index in [1.807, 2.05) is 19.1 Å². The minimum atomic E-state index is -0.858. The van der Waals surface area contributed by atoms with Gasteiger partial charge in [0.05, 0.1) is 6.61 Å². The van der Waals surface area contributed by atoms with E-state index in [1.165, 1.54) is 4.90 Å². The van der Waals surface area contributed by atoms with Crippen LogP contribution in [0, 0.1) is 6.92 Å². The molecule has 1 aromatic carbocycles. The largest absolute Gasteiger partial charge is 0.493 e. The topological polar surface area (TPSA) is 61.8 Å². The minimum Gasteiger partial charge on any atom is -0.493 e. The number of carbonyl (C=O) groups is 1. The fourth-order valence-electron chi connectivity index (χ4n) is 2.23. The number of ether oxygens (including phenoxy) is 1. The van der Waals surface area contributed by atoms with Crippen LogP contribution in [0.1, 0.15) is 12.0 Å². The van der Waals surface area contributed by atoms with Gasteiger partial charge in [-0.1, -0.05) is 17.7 Å². The van der Waals surface area contributed by atoms with E-state index < -0.39 is 6.09 Å². The molecule has 1 aliphatic rings. The second-order valence-electron chi connectivity index (χ2n) is 4.93. The van der Waals surface area contributed by atoms with Gasteiger partial charge < -0.3 is 20.1 Å². The van der Waals surface area contributed by atoms with Crippen LogP contribution in [0.25, 0.3) is 0 Å². The average molecular weight is 299 g/mol. The maximum Gasteiger partial charge on any atom is 0.407 e. The van der Waals surface area contributed by atoms with Crippen LogP contribution in [-0.2, 0) is 0 Å². The lowest BCUT2D eigenvalue weighted by molar-refractivity contribution is 0.124. The third kappa shape index (κ3) is 4.02. The molecule has 1 fully saturated rings. The number of aryl methyl sites for hydroxylation is 1. The fourth-order valence-corrected chi connectivity index (χ4v) is 2.40. The highest BCUT2D eigenvalue weighted by Crippen LogP contribution is 2.22. The second-order valence-corrected chi connectivity index (χ2v) is 5.36. The fraction of sp³-hybridized carbons (Fsp3) is 0.500. The van der Waals surface area contributed by atoms with Crippen molar-refractivity contribution in [3.63, 3.8) is 0 Å². The zero-order valence-corrected chi connectivity index (χ0v) is 12.2. The van der Waals surface area contributed by atoms with Crippen LogP contribution >= 0.6 is 11.6 Å². The van der Waals surface area contributed by atoms with Gasteiger partial charge >= 0.3 is 6.09 Å². The van der Waals surface area contributed by atoms with E-state index in [4.69, 9.17) is 21.4 Å². The Hall–Kier alpha value is -1.46. The van der Waals surface area contributed by atoms with Crippen LogP contribution in [0.4, 0.5) is 4.79 Å². The van der Waals surface area contributed by atoms with Gasteiger partial charge in [0.25, 0.3) is 0 Å². The van der Waals surface area contributed by atoms with Gasteiger partial charge in [0.15, 0.2) is 0 Å². The summed E-state index contributed by atoms with van der Waals surface area (Å²) in [6.45, 7) is 4.24. The Kier molecular flexibility index (Phi) is 5.09. The van der Waals surface area contributed by atoms with E-state index in [2.05, 4.69) is 5.32 Å². The third-order valence-electron chi connectivity index (χ3n) is 3.40. The van der Waals surface area contributed by atoms with Gasteiger partial charge in [0.1, 0.15) is 5.75 Å². The molecule has 2 rings (SSSR count). The normalized spacial score (nSPS) is 18.9. The maximum atomic E-state index is 10.9. The molecule has 1 saturated heterocycles. The van der Waals surface area contributed by atoms with Crippen molar-refractivity contribution < 1.29 is 14.6 Å². The lowest BCUT2D eigenvalue weighted by Crippen LogP contribution is -2.52. The summed E-state index contributed by atoms with van der Waals surface area (Å²) in [5.74, 6) is 0.781. The molecule has 0 saturated carbocycles. The van der Waals surface area contributed by atoms with Gasteiger partial charge in [-0.25, -0.2) is 4.79 Å². The van der Waals surface area contributed by atoms with Crippen molar-refractivity contribution >= 4 is 17.7 Å². The Bertz CT molecular complexity index is 481. The maximum absolute atomic E-state index is 10.9. The number of nitrogens with one attached hydrogen (secondary N) is 1. The van der Waals surface area contributed by atoms with Crippen molar-refractivity contribution in [2.45, 2.75) is 19.4 Å². The van der Waals surface area contributed by atoms with E-state index in [1.54, 1.807) is 6.07 Å². The molecule has 5 nitrogen and oxygen atoms in total. The van der Waals surface area contributed by atoms with Crippen molar-refractivity contribution in [2.75, 3.05) is 26.2 Å². The summed E-state index contributed by atoms with van der Waals surface area (Å²) in [7, 11) is 0. The van der Waals surface area contributed by atoms with Gasteiger partial charge in [-0.15, -0.1) is 0 Å². The lowest BCUT2D eigenvalue weighted by atomic mass is 10.1. The Labute approximate surface area is 123 Å². The third-order valence-corrected chi connectivity index (χ3v) is 3.64. The molecule has 0 radical (unpaired) electrons. The van der Waals surface area contributed by atoms with Crippen molar-refractivity contribution in [3.05, 3.63) is 28.8 Å². The van der Waals surface area contributed by atoms with E-state index in [9.17, 15) is 4.79 Å². The molecular formula is C14H19ClN2O3. The predicted octanol–water partition coefficient (Wildman–Crippen LogP) is 2.37. The number of hydrogen-bond donors (Lipinski definition) is 2. The summed E-state index contributed by atoms with van der Waals surface area (Å²) >= 11 is 5.93.